The highest BCUT2D eigenvalue weighted by Gasteiger charge is 2.07. The first-order valence-corrected chi connectivity index (χ1v) is 7.02. The molecule has 0 heterocycles. The van der Waals surface area contributed by atoms with E-state index >= 15 is 0 Å². The fraction of sp³-hybridized carbons (Fsp3) is 0.118. The van der Waals surface area contributed by atoms with E-state index in [-0.39, 0.29) is 11.9 Å². The summed E-state index contributed by atoms with van der Waals surface area (Å²) in [7, 11) is 0. The zero-order valence-corrected chi connectivity index (χ0v) is 12.5. The molecular formula is C17H17ClN2O. The van der Waals surface area contributed by atoms with Crippen molar-refractivity contribution in [2.24, 2.45) is 0 Å². The van der Waals surface area contributed by atoms with Crippen LogP contribution in [0.3, 0.4) is 0 Å². The van der Waals surface area contributed by atoms with Gasteiger partial charge in [0.05, 0.1) is 6.04 Å². The number of nitrogens with one attached hydrogen (secondary N) is 1. The summed E-state index contributed by atoms with van der Waals surface area (Å²) in [6, 6.07) is 14.7. The molecule has 108 valence electrons. The maximum absolute atomic E-state index is 11.9. The minimum Gasteiger partial charge on any atom is -0.399 e. The van der Waals surface area contributed by atoms with Gasteiger partial charge in [-0.3, -0.25) is 4.79 Å². The molecule has 0 radical (unpaired) electrons. The number of hydrogen-bond acceptors (Lipinski definition) is 2. The van der Waals surface area contributed by atoms with Crippen molar-refractivity contribution in [1.29, 1.82) is 0 Å². The number of rotatable bonds is 4. The van der Waals surface area contributed by atoms with Crippen LogP contribution >= 0.6 is 11.6 Å². The SMILES string of the molecule is CC(NC(=O)/C=C/c1cccc(N)c1)c1ccc(Cl)cc1. The van der Waals surface area contributed by atoms with E-state index in [0.29, 0.717) is 10.7 Å². The molecule has 0 aromatic heterocycles. The fourth-order valence-corrected chi connectivity index (χ4v) is 2.06. The number of halogens is 1. The van der Waals surface area contributed by atoms with Gasteiger partial charge in [0, 0.05) is 16.8 Å². The Hall–Kier alpha value is -2.26. The lowest BCUT2D eigenvalue weighted by molar-refractivity contribution is -0.117. The topological polar surface area (TPSA) is 55.1 Å². The standard InChI is InChI=1S/C17H17ClN2O/c1-12(14-6-8-15(18)9-7-14)20-17(21)10-5-13-3-2-4-16(19)11-13/h2-12H,19H2,1H3,(H,20,21)/b10-5+. The summed E-state index contributed by atoms with van der Waals surface area (Å²) in [5.41, 5.74) is 8.26. The predicted octanol–water partition coefficient (Wildman–Crippen LogP) is 3.81. The van der Waals surface area contributed by atoms with Gasteiger partial charge in [-0.15, -0.1) is 0 Å². The number of nitrogen functional groups attached to an aromatic ring is 1. The van der Waals surface area contributed by atoms with Crippen LogP contribution in [0, 0.1) is 0 Å². The van der Waals surface area contributed by atoms with Gasteiger partial charge in [0.2, 0.25) is 5.91 Å². The zero-order valence-electron chi connectivity index (χ0n) is 11.7. The minimum absolute atomic E-state index is 0.0831. The lowest BCUT2D eigenvalue weighted by Gasteiger charge is -2.12. The Kier molecular flexibility index (Phi) is 5.01. The minimum atomic E-state index is -0.153. The fourth-order valence-electron chi connectivity index (χ4n) is 1.93. The maximum atomic E-state index is 11.9. The summed E-state index contributed by atoms with van der Waals surface area (Å²) in [5, 5.41) is 3.58. The van der Waals surface area contributed by atoms with Crippen molar-refractivity contribution >= 4 is 29.3 Å². The third-order valence-electron chi connectivity index (χ3n) is 3.07. The molecule has 0 fully saturated rings. The predicted molar refractivity (Wildman–Crippen MR) is 87.9 cm³/mol. The molecule has 1 atom stereocenters. The van der Waals surface area contributed by atoms with Gasteiger partial charge in [-0.05, 0) is 48.4 Å². The quantitative estimate of drug-likeness (QED) is 0.666. The van der Waals surface area contributed by atoms with Crippen molar-refractivity contribution in [2.75, 3.05) is 5.73 Å². The normalized spacial score (nSPS) is 12.3. The molecule has 0 aliphatic carbocycles. The number of carbonyl (C=O) groups excluding carboxylic acids is 1. The van der Waals surface area contributed by atoms with Gasteiger partial charge in [-0.1, -0.05) is 35.9 Å². The molecule has 3 nitrogen and oxygen atoms in total. The van der Waals surface area contributed by atoms with Crippen molar-refractivity contribution in [1.82, 2.24) is 5.32 Å². The molecule has 0 spiro atoms. The molecule has 2 aromatic carbocycles. The molecule has 2 rings (SSSR count). The Morgan fingerprint density at radius 1 is 1.24 bits per heavy atom. The van der Waals surface area contributed by atoms with Crippen LogP contribution in [0.5, 0.6) is 0 Å². The smallest absolute Gasteiger partial charge is 0.244 e. The van der Waals surface area contributed by atoms with Gasteiger partial charge in [0.15, 0.2) is 0 Å². The summed E-state index contributed by atoms with van der Waals surface area (Å²) in [4.78, 5) is 11.9. The van der Waals surface area contributed by atoms with Crippen molar-refractivity contribution in [2.45, 2.75) is 13.0 Å². The molecule has 0 aliphatic heterocycles. The second-order valence-electron chi connectivity index (χ2n) is 4.79. The van der Waals surface area contributed by atoms with E-state index in [0.717, 1.165) is 11.1 Å². The molecule has 4 heteroatoms. The summed E-state index contributed by atoms with van der Waals surface area (Å²) in [6.07, 6.45) is 3.24. The number of amides is 1. The van der Waals surface area contributed by atoms with Crippen molar-refractivity contribution < 1.29 is 4.79 Å². The first-order valence-electron chi connectivity index (χ1n) is 6.64. The van der Waals surface area contributed by atoms with Crippen LogP contribution in [-0.4, -0.2) is 5.91 Å². The maximum Gasteiger partial charge on any atom is 0.244 e. The van der Waals surface area contributed by atoms with E-state index in [2.05, 4.69) is 5.32 Å². The highest BCUT2D eigenvalue weighted by molar-refractivity contribution is 6.30. The van der Waals surface area contributed by atoms with Crippen molar-refractivity contribution in [3.63, 3.8) is 0 Å². The summed E-state index contributed by atoms with van der Waals surface area (Å²) < 4.78 is 0. The summed E-state index contributed by atoms with van der Waals surface area (Å²) in [6.45, 7) is 1.93. The molecule has 0 saturated carbocycles. The first kappa shape index (κ1) is 15.1. The summed E-state index contributed by atoms with van der Waals surface area (Å²) >= 11 is 5.84. The molecule has 0 saturated heterocycles. The van der Waals surface area contributed by atoms with Crippen LogP contribution in [0.4, 0.5) is 5.69 Å². The largest absolute Gasteiger partial charge is 0.399 e. The van der Waals surface area contributed by atoms with E-state index in [1.165, 1.54) is 6.08 Å². The molecule has 2 aromatic rings. The summed E-state index contributed by atoms with van der Waals surface area (Å²) in [5.74, 6) is -0.153. The van der Waals surface area contributed by atoms with Crippen LogP contribution < -0.4 is 11.1 Å². The number of nitrogens with two attached hydrogens (primary N) is 1. The number of carbonyl (C=O) groups is 1. The van der Waals surface area contributed by atoms with Crippen molar-refractivity contribution in [3.8, 4) is 0 Å². The van der Waals surface area contributed by atoms with Gasteiger partial charge in [0.25, 0.3) is 0 Å². The molecule has 0 bridgehead atoms. The Bertz CT molecular complexity index is 650. The lowest BCUT2D eigenvalue weighted by Crippen LogP contribution is -2.24. The molecule has 1 unspecified atom stereocenters. The van der Waals surface area contributed by atoms with Gasteiger partial charge >= 0.3 is 0 Å². The van der Waals surface area contributed by atoms with Crippen LogP contribution in [0.2, 0.25) is 5.02 Å². The molecule has 3 N–H and O–H groups in total. The van der Waals surface area contributed by atoms with Gasteiger partial charge in [0.1, 0.15) is 0 Å². The number of hydrogen-bond donors (Lipinski definition) is 2. The molecule has 0 aliphatic rings. The second-order valence-corrected chi connectivity index (χ2v) is 5.22. The Balaban J connectivity index is 1.96. The van der Waals surface area contributed by atoms with E-state index in [1.807, 2.05) is 49.4 Å². The highest BCUT2D eigenvalue weighted by atomic mass is 35.5. The van der Waals surface area contributed by atoms with Gasteiger partial charge < -0.3 is 11.1 Å². The Morgan fingerprint density at radius 3 is 2.62 bits per heavy atom. The molecule has 21 heavy (non-hydrogen) atoms. The van der Waals surface area contributed by atoms with Crippen LogP contribution in [0.25, 0.3) is 6.08 Å². The number of benzene rings is 2. The Morgan fingerprint density at radius 2 is 1.95 bits per heavy atom. The monoisotopic (exact) mass is 300 g/mol. The van der Waals surface area contributed by atoms with E-state index in [1.54, 1.807) is 12.1 Å². The van der Waals surface area contributed by atoms with Gasteiger partial charge in [-0.25, -0.2) is 0 Å². The van der Waals surface area contributed by atoms with E-state index < -0.39 is 0 Å². The van der Waals surface area contributed by atoms with Crippen LogP contribution in [0.1, 0.15) is 24.1 Å². The third-order valence-corrected chi connectivity index (χ3v) is 3.32. The highest BCUT2D eigenvalue weighted by Crippen LogP contribution is 2.16. The van der Waals surface area contributed by atoms with Crippen LogP contribution in [0.15, 0.2) is 54.6 Å². The van der Waals surface area contributed by atoms with Crippen LogP contribution in [-0.2, 0) is 4.79 Å². The average Bonchev–Trinajstić information content (AvgIpc) is 2.46. The van der Waals surface area contributed by atoms with E-state index in [4.69, 9.17) is 17.3 Å². The Labute approximate surface area is 129 Å². The lowest BCUT2D eigenvalue weighted by atomic mass is 10.1. The average molecular weight is 301 g/mol. The molecule has 1 amide bonds. The van der Waals surface area contributed by atoms with Crippen molar-refractivity contribution in [3.05, 3.63) is 70.8 Å². The van der Waals surface area contributed by atoms with E-state index in [9.17, 15) is 4.79 Å². The zero-order chi connectivity index (χ0) is 15.2. The third kappa shape index (κ3) is 4.65. The first-order chi connectivity index (χ1) is 10.0. The molecular weight excluding hydrogens is 284 g/mol. The van der Waals surface area contributed by atoms with Gasteiger partial charge in [-0.2, -0.15) is 0 Å². The number of anilines is 1. The second kappa shape index (κ2) is 6.95.